The first kappa shape index (κ1) is 8.74. The second-order valence-electron chi connectivity index (χ2n) is 3.29. The van der Waals surface area contributed by atoms with E-state index in [-0.39, 0.29) is 5.69 Å². The van der Waals surface area contributed by atoms with Crippen molar-refractivity contribution >= 4 is 16.9 Å². The number of aromatic nitrogens is 4. The monoisotopic (exact) mass is 193 g/mol. The van der Waals surface area contributed by atoms with Gasteiger partial charge in [-0.3, -0.25) is 9.67 Å². The van der Waals surface area contributed by atoms with Crippen LogP contribution in [0.3, 0.4) is 0 Å². The lowest BCUT2D eigenvalue weighted by molar-refractivity contribution is 0.782. The van der Waals surface area contributed by atoms with Gasteiger partial charge in [0, 0.05) is 21.1 Å². The number of nitrogens with one attached hydrogen (secondary N) is 1. The van der Waals surface area contributed by atoms with E-state index in [4.69, 9.17) is 0 Å². The lowest BCUT2D eigenvalue weighted by atomic mass is 10.4. The summed E-state index contributed by atoms with van der Waals surface area (Å²) in [5, 5.41) is 4.90. The molecule has 2 aromatic heterocycles. The number of H-pyrrole nitrogens is 1. The van der Waals surface area contributed by atoms with E-state index in [0.717, 1.165) is 5.39 Å². The van der Waals surface area contributed by atoms with E-state index < -0.39 is 0 Å². The Morgan fingerprint density at radius 1 is 1.50 bits per heavy atom. The Hall–Kier alpha value is -1.85. The third-order valence-corrected chi connectivity index (χ3v) is 2.04. The van der Waals surface area contributed by atoms with E-state index in [9.17, 15) is 4.79 Å². The van der Waals surface area contributed by atoms with E-state index in [0.29, 0.717) is 11.5 Å². The van der Waals surface area contributed by atoms with E-state index >= 15 is 0 Å². The highest BCUT2D eigenvalue weighted by atomic mass is 16.1. The molecule has 2 rings (SSSR count). The summed E-state index contributed by atoms with van der Waals surface area (Å²) >= 11 is 0. The molecule has 0 amide bonds. The van der Waals surface area contributed by atoms with E-state index in [1.165, 1.54) is 0 Å². The maximum Gasteiger partial charge on any atom is 0.348 e. The number of hydrogen-bond donors (Lipinski definition) is 1. The average molecular weight is 193 g/mol. The van der Waals surface area contributed by atoms with Crippen LogP contribution in [0.2, 0.25) is 0 Å². The summed E-state index contributed by atoms with van der Waals surface area (Å²) < 4.78 is 1.62. The SMILES string of the molecule is CN(C)c1nc(=O)[nH]c2c1cnn2C. The standard InChI is InChI=1S/C8H11N5O/c1-12(2)6-5-4-9-13(3)7(5)11-8(14)10-6/h4H,1-3H3,(H,10,11,14). The molecule has 6 nitrogen and oxygen atoms in total. The van der Waals surface area contributed by atoms with Gasteiger partial charge in [0.2, 0.25) is 0 Å². The van der Waals surface area contributed by atoms with Gasteiger partial charge in [-0.1, -0.05) is 0 Å². The Bertz CT molecular complexity index is 524. The van der Waals surface area contributed by atoms with Crippen LogP contribution in [0, 0.1) is 0 Å². The smallest absolute Gasteiger partial charge is 0.348 e. The first-order valence-electron chi connectivity index (χ1n) is 4.19. The highest BCUT2D eigenvalue weighted by molar-refractivity contribution is 5.86. The third-order valence-electron chi connectivity index (χ3n) is 2.04. The van der Waals surface area contributed by atoms with Crippen LogP contribution in [-0.4, -0.2) is 33.8 Å². The van der Waals surface area contributed by atoms with Crippen LogP contribution < -0.4 is 10.6 Å². The Labute approximate surface area is 80.2 Å². The van der Waals surface area contributed by atoms with Crippen LogP contribution in [-0.2, 0) is 7.05 Å². The normalized spacial score (nSPS) is 10.8. The molecule has 74 valence electrons. The maximum absolute atomic E-state index is 11.2. The van der Waals surface area contributed by atoms with E-state index in [2.05, 4.69) is 15.1 Å². The minimum atomic E-state index is -0.357. The number of aromatic amines is 1. The molecule has 0 aromatic carbocycles. The van der Waals surface area contributed by atoms with E-state index in [1.54, 1.807) is 22.8 Å². The van der Waals surface area contributed by atoms with Crippen LogP contribution in [0.1, 0.15) is 0 Å². The molecule has 0 bridgehead atoms. The Morgan fingerprint density at radius 3 is 2.86 bits per heavy atom. The van der Waals surface area contributed by atoms with Gasteiger partial charge in [0.15, 0.2) is 0 Å². The molecule has 2 heterocycles. The zero-order valence-electron chi connectivity index (χ0n) is 8.27. The quantitative estimate of drug-likeness (QED) is 0.676. The lowest BCUT2D eigenvalue weighted by Gasteiger charge is -2.10. The number of nitrogens with zero attached hydrogens (tertiary/aromatic N) is 4. The highest BCUT2D eigenvalue weighted by Crippen LogP contribution is 2.18. The molecule has 0 unspecified atom stereocenters. The summed E-state index contributed by atoms with van der Waals surface area (Å²) in [5.74, 6) is 0.636. The molecule has 0 aliphatic rings. The van der Waals surface area contributed by atoms with Crippen molar-refractivity contribution in [2.24, 2.45) is 7.05 Å². The minimum absolute atomic E-state index is 0.357. The van der Waals surface area contributed by atoms with Crippen molar-refractivity contribution in [2.75, 3.05) is 19.0 Å². The molecule has 6 heteroatoms. The molecule has 0 spiro atoms. The van der Waals surface area contributed by atoms with Gasteiger partial charge in [0.05, 0.1) is 11.6 Å². The second-order valence-corrected chi connectivity index (χ2v) is 3.29. The van der Waals surface area contributed by atoms with Gasteiger partial charge in [-0.05, 0) is 0 Å². The number of rotatable bonds is 1. The molecule has 0 aliphatic carbocycles. The van der Waals surface area contributed by atoms with Gasteiger partial charge >= 0.3 is 5.69 Å². The topological polar surface area (TPSA) is 66.8 Å². The minimum Gasteiger partial charge on any atom is -0.362 e. The lowest BCUT2D eigenvalue weighted by Crippen LogP contribution is -2.19. The van der Waals surface area contributed by atoms with Crippen LogP contribution in [0.4, 0.5) is 5.82 Å². The Kier molecular flexibility index (Phi) is 1.77. The van der Waals surface area contributed by atoms with Crippen LogP contribution >= 0.6 is 0 Å². The molecular formula is C8H11N5O. The summed E-state index contributed by atoms with van der Waals surface area (Å²) in [5.41, 5.74) is 0.332. The zero-order valence-corrected chi connectivity index (χ0v) is 8.27. The second kappa shape index (κ2) is 2.83. The molecule has 1 N–H and O–H groups in total. The highest BCUT2D eigenvalue weighted by Gasteiger charge is 2.09. The molecule has 14 heavy (non-hydrogen) atoms. The predicted octanol–water partition coefficient (Wildman–Crippen LogP) is -0.277. The van der Waals surface area contributed by atoms with Crippen molar-refractivity contribution in [3.63, 3.8) is 0 Å². The van der Waals surface area contributed by atoms with Crippen molar-refractivity contribution in [1.29, 1.82) is 0 Å². The number of hydrogen-bond acceptors (Lipinski definition) is 4. The van der Waals surface area contributed by atoms with Crippen molar-refractivity contribution in [2.45, 2.75) is 0 Å². The maximum atomic E-state index is 11.2. The van der Waals surface area contributed by atoms with Crippen LogP contribution in [0.15, 0.2) is 11.0 Å². The van der Waals surface area contributed by atoms with Gasteiger partial charge in [0.25, 0.3) is 0 Å². The fourth-order valence-corrected chi connectivity index (χ4v) is 1.38. The molecule has 0 radical (unpaired) electrons. The first-order valence-corrected chi connectivity index (χ1v) is 4.19. The number of fused-ring (bicyclic) bond motifs is 1. The number of aryl methyl sites for hydroxylation is 1. The van der Waals surface area contributed by atoms with Gasteiger partial charge in [-0.2, -0.15) is 10.1 Å². The van der Waals surface area contributed by atoms with Gasteiger partial charge in [0.1, 0.15) is 11.5 Å². The Balaban J connectivity index is 2.89. The molecule has 0 fully saturated rings. The van der Waals surface area contributed by atoms with Crippen LogP contribution in [0.5, 0.6) is 0 Å². The summed E-state index contributed by atoms with van der Waals surface area (Å²) in [4.78, 5) is 19.5. The summed E-state index contributed by atoms with van der Waals surface area (Å²) in [6.45, 7) is 0. The Morgan fingerprint density at radius 2 is 2.21 bits per heavy atom. The molecule has 0 atom stereocenters. The molecule has 0 aliphatic heterocycles. The molecule has 0 saturated heterocycles. The largest absolute Gasteiger partial charge is 0.362 e. The van der Waals surface area contributed by atoms with Crippen molar-refractivity contribution < 1.29 is 0 Å². The third kappa shape index (κ3) is 1.15. The predicted molar refractivity (Wildman–Crippen MR) is 53.5 cm³/mol. The fourth-order valence-electron chi connectivity index (χ4n) is 1.38. The first-order chi connectivity index (χ1) is 6.59. The summed E-state index contributed by atoms with van der Waals surface area (Å²) in [6.07, 6.45) is 1.69. The fraction of sp³-hybridized carbons (Fsp3) is 0.375. The summed E-state index contributed by atoms with van der Waals surface area (Å²) in [6, 6.07) is 0. The molecular weight excluding hydrogens is 182 g/mol. The van der Waals surface area contributed by atoms with Crippen molar-refractivity contribution in [3.05, 3.63) is 16.7 Å². The van der Waals surface area contributed by atoms with Crippen molar-refractivity contribution in [1.82, 2.24) is 19.7 Å². The van der Waals surface area contributed by atoms with E-state index in [1.807, 2.05) is 14.1 Å². The molecule has 2 aromatic rings. The molecule has 0 saturated carbocycles. The van der Waals surface area contributed by atoms with Gasteiger partial charge < -0.3 is 4.90 Å². The van der Waals surface area contributed by atoms with Crippen LogP contribution in [0.25, 0.3) is 11.0 Å². The van der Waals surface area contributed by atoms with Crippen molar-refractivity contribution in [3.8, 4) is 0 Å². The van der Waals surface area contributed by atoms with Gasteiger partial charge in [-0.25, -0.2) is 4.79 Å². The van der Waals surface area contributed by atoms with Gasteiger partial charge in [-0.15, -0.1) is 0 Å². The zero-order chi connectivity index (χ0) is 10.3. The number of anilines is 1. The average Bonchev–Trinajstić information content (AvgIpc) is 2.47. The summed E-state index contributed by atoms with van der Waals surface area (Å²) in [7, 11) is 5.46.